The lowest BCUT2D eigenvalue weighted by Gasteiger charge is -2.20. The second-order valence-corrected chi connectivity index (χ2v) is 4.49. The van der Waals surface area contributed by atoms with Gasteiger partial charge in [0.15, 0.2) is 0 Å². The zero-order valence-electron chi connectivity index (χ0n) is 9.57. The van der Waals surface area contributed by atoms with Gasteiger partial charge in [-0.2, -0.15) is 0 Å². The minimum Gasteiger partial charge on any atom is -0.369 e. The molecule has 2 N–H and O–H groups in total. The first-order valence-corrected chi connectivity index (χ1v) is 5.70. The summed E-state index contributed by atoms with van der Waals surface area (Å²) in [5.41, 5.74) is 9.36. The van der Waals surface area contributed by atoms with Crippen LogP contribution in [-0.2, 0) is 4.79 Å². The lowest BCUT2D eigenvalue weighted by atomic mass is 9.85. The molecule has 0 aromatic carbocycles. The summed E-state index contributed by atoms with van der Waals surface area (Å²) in [6.45, 7) is 2.15. The van der Waals surface area contributed by atoms with Crippen LogP contribution in [0.3, 0.4) is 0 Å². The molecule has 0 aromatic rings. The molecule has 84 valence electrons. The molecule has 0 heterocycles. The standard InChI is InChI=1S/C14H17NO/c1-10-5-7-11(8-6-10)12-3-2-4-13(9-12)14(15)16/h2-5,7,13H,6,8-9H2,1H3,(H2,15,16). The third-order valence-corrected chi connectivity index (χ3v) is 3.22. The highest BCUT2D eigenvalue weighted by Crippen LogP contribution is 2.30. The molecule has 0 fully saturated rings. The van der Waals surface area contributed by atoms with Crippen molar-refractivity contribution < 1.29 is 4.79 Å². The number of amides is 1. The number of rotatable bonds is 2. The van der Waals surface area contributed by atoms with Crippen LogP contribution in [0, 0.1) is 5.92 Å². The largest absolute Gasteiger partial charge is 0.369 e. The van der Waals surface area contributed by atoms with Crippen molar-refractivity contribution in [2.75, 3.05) is 0 Å². The van der Waals surface area contributed by atoms with Crippen molar-refractivity contribution in [3.63, 3.8) is 0 Å². The van der Waals surface area contributed by atoms with Crippen molar-refractivity contribution in [2.45, 2.75) is 26.2 Å². The van der Waals surface area contributed by atoms with Gasteiger partial charge in [-0.05, 0) is 37.3 Å². The van der Waals surface area contributed by atoms with Crippen molar-refractivity contribution in [3.05, 3.63) is 47.1 Å². The molecule has 16 heavy (non-hydrogen) atoms. The van der Waals surface area contributed by atoms with E-state index in [0.717, 1.165) is 19.3 Å². The predicted molar refractivity (Wildman–Crippen MR) is 65.6 cm³/mol. The van der Waals surface area contributed by atoms with Crippen LogP contribution < -0.4 is 5.73 Å². The summed E-state index contributed by atoms with van der Waals surface area (Å²) in [5, 5.41) is 0. The van der Waals surface area contributed by atoms with Crippen molar-refractivity contribution >= 4 is 5.91 Å². The average Bonchev–Trinajstić information content (AvgIpc) is 2.30. The molecule has 2 rings (SSSR count). The highest BCUT2D eigenvalue weighted by atomic mass is 16.1. The maximum Gasteiger partial charge on any atom is 0.224 e. The first-order chi connectivity index (χ1) is 7.66. The van der Waals surface area contributed by atoms with Gasteiger partial charge in [-0.25, -0.2) is 0 Å². The van der Waals surface area contributed by atoms with Gasteiger partial charge in [0.05, 0.1) is 5.92 Å². The van der Waals surface area contributed by atoms with E-state index < -0.39 is 0 Å². The van der Waals surface area contributed by atoms with Gasteiger partial charge in [-0.1, -0.05) is 36.0 Å². The Morgan fingerprint density at radius 3 is 2.69 bits per heavy atom. The number of hydrogen-bond acceptors (Lipinski definition) is 1. The molecule has 0 aromatic heterocycles. The van der Waals surface area contributed by atoms with Crippen LogP contribution >= 0.6 is 0 Å². The molecule has 2 heteroatoms. The maximum atomic E-state index is 11.1. The molecule has 0 radical (unpaired) electrons. The first kappa shape index (κ1) is 10.9. The van der Waals surface area contributed by atoms with E-state index in [9.17, 15) is 4.79 Å². The smallest absolute Gasteiger partial charge is 0.224 e. The molecule has 2 aliphatic rings. The van der Waals surface area contributed by atoms with E-state index in [-0.39, 0.29) is 11.8 Å². The van der Waals surface area contributed by atoms with E-state index in [4.69, 9.17) is 5.73 Å². The fourth-order valence-corrected chi connectivity index (χ4v) is 2.12. The second-order valence-electron chi connectivity index (χ2n) is 4.49. The fourth-order valence-electron chi connectivity index (χ4n) is 2.12. The van der Waals surface area contributed by atoms with Crippen molar-refractivity contribution in [1.29, 1.82) is 0 Å². The van der Waals surface area contributed by atoms with Crippen LogP contribution in [0.15, 0.2) is 47.1 Å². The number of hydrogen-bond donors (Lipinski definition) is 1. The van der Waals surface area contributed by atoms with Gasteiger partial charge in [0.1, 0.15) is 0 Å². The Hall–Kier alpha value is -1.57. The van der Waals surface area contributed by atoms with E-state index in [1.165, 1.54) is 16.7 Å². The molecule has 0 aliphatic heterocycles. The number of carbonyl (C=O) groups excluding carboxylic acids is 1. The van der Waals surface area contributed by atoms with E-state index in [0.29, 0.717) is 0 Å². The lowest BCUT2D eigenvalue weighted by molar-refractivity contribution is -0.120. The molecule has 0 saturated heterocycles. The minimum atomic E-state index is -0.231. The highest BCUT2D eigenvalue weighted by Gasteiger charge is 2.19. The summed E-state index contributed by atoms with van der Waals surface area (Å²) in [6.07, 6.45) is 13.2. The topological polar surface area (TPSA) is 43.1 Å². The van der Waals surface area contributed by atoms with Crippen molar-refractivity contribution in [3.8, 4) is 0 Å². The molecule has 0 saturated carbocycles. The summed E-state index contributed by atoms with van der Waals surface area (Å²) in [4.78, 5) is 11.1. The van der Waals surface area contributed by atoms with Crippen LogP contribution in [-0.4, -0.2) is 5.91 Å². The normalized spacial score (nSPS) is 24.6. The Morgan fingerprint density at radius 2 is 2.06 bits per heavy atom. The van der Waals surface area contributed by atoms with Gasteiger partial charge in [0.25, 0.3) is 0 Å². The Balaban J connectivity index is 2.15. The van der Waals surface area contributed by atoms with Crippen LogP contribution in [0.5, 0.6) is 0 Å². The highest BCUT2D eigenvalue weighted by molar-refractivity contribution is 5.79. The van der Waals surface area contributed by atoms with Crippen molar-refractivity contribution in [1.82, 2.24) is 0 Å². The summed E-state index contributed by atoms with van der Waals surface area (Å²) >= 11 is 0. The number of primary amides is 1. The summed E-state index contributed by atoms with van der Waals surface area (Å²) in [7, 11) is 0. The molecule has 0 bridgehead atoms. The van der Waals surface area contributed by atoms with Gasteiger partial charge in [0.2, 0.25) is 5.91 Å². The van der Waals surface area contributed by atoms with E-state index >= 15 is 0 Å². The number of carbonyl (C=O) groups is 1. The van der Waals surface area contributed by atoms with E-state index in [1.54, 1.807) is 0 Å². The molecular weight excluding hydrogens is 198 g/mol. The van der Waals surface area contributed by atoms with Gasteiger partial charge in [0, 0.05) is 0 Å². The summed E-state index contributed by atoms with van der Waals surface area (Å²) in [5.74, 6) is -0.363. The average molecular weight is 215 g/mol. The minimum absolute atomic E-state index is 0.132. The molecular formula is C14H17NO. The predicted octanol–water partition coefficient (Wildman–Crippen LogP) is 2.64. The Bertz CT molecular complexity index is 424. The van der Waals surface area contributed by atoms with Gasteiger partial charge in [-0.15, -0.1) is 0 Å². The second kappa shape index (κ2) is 4.52. The SMILES string of the molecule is CC1=CC=C(C2=CC=CC(C(N)=O)C2)CC1. The number of allylic oxidation sites excluding steroid dienone is 7. The molecule has 0 spiro atoms. The molecule has 2 aliphatic carbocycles. The molecule has 2 nitrogen and oxygen atoms in total. The zero-order valence-corrected chi connectivity index (χ0v) is 9.57. The molecule has 1 unspecified atom stereocenters. The van der Waals surface area contributed by atoms with Gasteiger partial charge < -0.3 is 5.73 Å². The van der Waals surface area contributed by atoms with E-state index in [2.05, 4.69) is 25.2 Å². The van der Waals surface area contributed by atoms with Crippen LogP contribution in [0.25, 0.3) is 0 Å². The Kier molecular flexibility index (Phi) is 3.09. The van der Waals surface area contributed by atoms with Crippen LogP contribution in [0.4, 0.5) is 0 Å². The fraction of sp³-hybridized carbons (Fsp3) is 0.357. The Labute approximate surface area is 96.2 Å². The third-order valence-electron chi connectivity index (χ3n) is 3.22. The third kappa shape index (κ3) is 2.32. The van der Waals surface area contributed by atoms with Crippen LogP contribution in [0.2, 0.25) is 0 Å². The van der Waals surface area contributed by atoms with Gasteiger partial charge in [-0.3, -0.25) is 4.79 Å². The van der Waals surface area contributed by atoms with E-state index in [1.807, 2.05) is 12.2 Å². The van der Waals surface area contributed by atoms with Crippen LogP contribution in [0.1, 0.15) is 26.2 Å². The number of nitrogens with two attached hydrogens (primary N) is 1. The summed E-state index contributed by atoms with van der Waals surface area (Å²) in [6, 6.07) is 0. The maximum absolute atomic E-state index is 11.1. The molecule has 1 amide bonds. The summed E-state index contributed by atoms with van der Waals surface area (Å²) < 4.78 is 0. The lowest BCUT2D eigenvalue weighted by Crippen LogP contribution is -2.23. The van der Waals surface area contributed by atoms with Gasteiger partial charge >= 0.3 is 0 Å². The monoisotopic (exact) mass is 215 g/mol. The van der Waals surface area contributed by atoms with Crippen molar-refractivity contribution in [2.24, 2.45) is 11.7 Å². The quantitative estimate of drug-likeness (QED) is 0.756. The first-order valence-electron chi connectivity index (χ1n) is 5.70. The zero-order chi connectivity index (χ0) is 11.5. The molecule has 1 atom stereocenters. The Morgan fingerprint density at radius 1 is 1.25 bits per heavy atom.